The first-order valence-electron chi connectivity index (χ1n) is 6.10. The third-order valence-corrected chi connectivity index (χ3v) is 3.60. The van der Waals surface area contributed by atoms with Crippen molar-refractivity contribution in [1.29, 1.82) is 0 Å². The lowest BCUT2D eigenvalue weighted by atomic mass is 9.92. The van der Waals surface area contributed by atoms with Gasteiger partial charge >= 0.3 is 0 Å². The molecule has 0 amide bonds. The van der Waals surface area contributed by atoms with Crippen LogP contribution >= 0.6 is 12.2 Å². The Hall–Kier alpha value is -1.19. The second kappa shape index (κ2) is 7.29. The molecular weight excluding hydrogens is 242 g/mol. The third-order valence-electron chi connectivity index (χ3n) is 2.93. The minimum atomic E-state index is -0.472. The summed E-state index contributed by atoms with van der Waals surface area (Å²) in [5.74, 6) is -0.0484. The number of thiocarbonyl (C=S) groups is 1. The van der Waals surface area contributed by atoms with Gasteiger partial charge in [-0.05, 0) is 18.4 Å². The molecule has 98 valence electrons. The Bertz CT molecular complexity index is 389. The molecule has 0 aliphatic heterocycles. The SMILES string of the molecule is C=CC[C@H](C(=S)N(C)C)[C@H](O)Cc1ccccc1. The molecule has 0 aliphatic rings. The molecule has 3 heteroatoms. The zero-order chi connectivity index (χ0) is 13.5. The van der Waals surface area contributed by atoms with Crippen LogP contribution < -0.4 is 0 Å². The van der Waals surface area contributed by atoms with Crippen LogP contribution in [0.3, 0.4) is 0 Å². The second-order valence-corrected chi connectivity index (χ2v) is 5.04. The summed E-state index contributed by atoms with van der Waals surface area (Å²) < 4.78 is 0. The van der Waals surface area contributed by atoms with Crippen molar-refractivity contribution in [1.82, 2.24) is 4.90 Å². The van der Waals surface area contributed by atoms with Gasteiger partial charge in [0.15, 0.2) is 0 Å². The van der Waals surface area contributed by atoms with Crippen LogP contribution in [0.25, 0.3) is 0 Å². The quantitative estimate of drug-likeness (QED) is 0.630. The van der Waals surface area contributed by atoms with Crippen molar-refractivity contribution in [2.75, 3.05) is 14.1 Å². The largest absolute Gasteiger partial charge is 0.392 e. The number of nitrogens with zero attached hydrogens (tertiary/aromatic N) is 1. The predicted octanol–water partition coefficient (Wildman–Crippen LogP) is 2.67. The molecule has 0 saturated carbocycles. The van der Waals surface area contributed by atoms with Crippen LogP contribution in [0.2, 0.25) is 0 Å². The summed E-state index contributed by atoms with van der Waals surface area (Å²) in [6.45, 7) is 3.74. The van der Waals surface area contributed by atoms with E-state index in [1.807, 2.05) is 55.4 Å². The van der Waals surface area contributed by atoms with E-state index in [2.05, 4.69) is 6.58 Å². The fourth-order valence-electron chi connectivity index (χ4n) is 1.93. The van der Waals surface area contributed by atoms with Crippen molar-refractivity contribution in [3.05, 3.63) is 48.6 Å². The first kappa shape index (κ1) is 14.9. The monoisotopic (exact) mass is 263 g/mol. The molecule has 0 aliphatic carbocycles. The van der Waals surface area contributed by atoms with E-state index in [0.29, 0.717) is 12.8 Å². The Kier molecular flexibility index (Phi) is 6.02. The lowest BCUT2D eigenvalue weighted by Gasteiger charge is -2.27. The van der Waals surface area contributed by atoms with Crippen LogP contribution in [0.4, 0.5) is 0 Å². The number of allylic oxidation sites excluding steroid dienone is 1. The van der Waals surface area contributed by atoms with E-state index < -0.39 is 6.10 Å². The van der Waals surface area contributed by atoms with Gasteiger partial charge in [-0.25, -0.2) is 0 Å². The van der Waals surface area contributed by atoms with E-state index in [0.717, 1.165) is 10.6 Å². The van der Waals surface area contributed by atoms with Crippen LogP contribution in [-0.2, 0) is 6.42 Å². The Morgan fingerprint density at radius 1 is 1.39 bits per heavy atom. The molecule has 1 aromatic rings. The van der Waals surface area contributed by atoms with Crippen LogP contribution in [-0.4, -0.2) is 35.2 Å². The topological polar surface area (TPSA) is 23.5 Å². The highest BCUT2D eigenvalue weighted by Gasteiger charge is 2.23. The van der Waals surface area contributed by atoms with Crippen molar-refractivity contribution < 1.29 is 5.11 Å². The lowest BCUT2D eigenvalue weighted by Crippen LogP contribution is -2.36. The number of rotatable bonds is 6. The number of hydrogen-bond acceptors (Lipinski definition) is 2. The van der Waals surface area contributed by atoms with Crippen LogP contribution in [0.15, 0.2) is 43.0 Å². The molecule has 0 saturated heterocycles. The van der Waals surface area contributed by atoms with Gasteiger partial charge in [0.2, 0.25) is 0 Å². The molecule has 1 N–H and O–H groups in total. The number of hydrogen-bond donors (Lipinski definition) is 1. The summed E-state index contributed by atoms with van der Waals surface area (Å²) in [7, 11) is 3.82. The molecule has 0 heterocycles. The molecule has 2 nitrogen and oxygen atoms in total. The van der Waals surface area contributed by atoms with Gasteiger partial charge in [-0.15, -0.1) is 6.58 Å². The van der Waals surface area contributed by atoms with Crippen LogP contribution in [0.1, 0.15) is 12.0 Å². The van der Waals surface area contributed by atoms with Crippen LogP contribution in [0.5, 0.6) is 0 Å². The van der Waals surface area contributed by atoms with Crippen molar-refractivity contribution in [3.63, 3.8) is 0 Å². The summed E-state index contributed by atoms with van der Waals surface area (Å²) >= 11 is 5.38. The number of benzene rings is 1. The number of aliphatic hydroxyl groups excluding tert-OH is 1. The highest BCUT2D eigenvalue weighted by molar-refractivity contribution is 7.80. The fraction of sp³-hybridized carbons (Fsp3) is 0.400. The summed E-state index contributed by atoms with van der Waals surface area (Å²) in [5, 5.41) is 10.4. The van der Waals surface area contributed by atoms with E-state index in [1.165, 1.54) is 0 Å². The standard InChI is InChI=1S/C15H21NOS/c1-4-8-13(15(18)16(2)3)14(17)11-12-9-6-5-7-10-12/h4-7,9-10,13-14,17H,1,8,11H2,2-3H3/t13-,14+/m0/s1. The Balaban J connectivity index is 2.74. The summed E-state index contributed by atoms with van der Waals surface area (Å²) in [6, 6.07) is 9.98. The van der Waals surface area contributed by atoms with E-state index in [-0.39, 0.29) is 5.92 Å². The van der Waals surface area contributed by atoms with Gasteiger partial charge < -0.3 is 10.0 Å². The summed E-state index contributed by atoms with van der Waals surface area (Å²) in [6.07, 6.45) is 2.66. The minimum Gasteiger partial charge on any atom is -0.392 e. The summed E-state index contributed by atoms with van der Waals surface area (Å²) in [4.78, 5) is 2.66. The normalized spacial score (nSPS) is 13.7. The minimum absolute atomic E-state index is 0.0484. The highest BCUT2D eigenvalue weighted by Crippen LogP contribution is 2.18. The Labute approximate surface area is 115 Å². The first-order chi connectivity index (χ1) is 8.56. The average molecular weight is 263 g/mol. The number of aliphatic hydroxyl groups is 1. The molecule has 2 atom stereocenters. The first-order valence-corrected chi connectivity index (χ1v) is 6.51. The smallest absolute Gasteiger partial charge is 0.0834 e. The summed E-state index contributed by atoms with van der Waals surface area (Å²) in [5.41, 5.74) is 1.13. The maximum absolute atomic E-state index is 10.4. The molecule has 0 radical (unpaired) electrons. The lowest BCUT2D eigenvalue weighted by molar-refractivity contribution is 0.136. The zero-order valence-corrected chi connectivity index (χ0v) is 11.9. The van der Waals surface area contributed by atoms with Gasteiger partial charge in [-0.2, -0.15) is 0 Å². The molecule has 0 unspecified atom stereocenters. The fourth-order valence-corrected chi connectivity index (χ4v) is 2.18. The molecule has 0 bridgehead atoms. The molecular formula is C15H21NOS. The molecule has 0 spiro atoms. The van der Waals surface area contributed by atoms with Crippen molar-refractivity contribution >= 4 is 17.2 Å². The van der Waals surface area contributed by atoms with Gasteiger partial charge in [0.05, 0.1) is 11.1 Å². The van der Waals surface area contributed by atoms with Gasteiger partial charge in [0.1, 0.15) is 0 Å². The van der Waals surface area contributed by atoms with E-state index in [1.54, 1.807) is 0 Å². The van der Waals surface area contributed by atoms with Crippen molar-refractivity contribution in [2.24, 2.45) is 5.92 Å². The maximum atomic E-state index is 10.4. The zero-order valence-electron chi connectivity index (χ0n) is 11.0. The Morgan fingerprint density at radius 3 is 2.50 bits per heavy atom. The molecule has 18 heavy (non-hydrogen) atoms. The van der Waals surface area contributed by atoms with Crippen LogP contribution in [0, 0.1) is 5.92 Å². The molecule has 1 rings (SSSR count). The molecule has 0 aromatic heterocycles. The van der Waals surface area contributed by atoms with Gasteiger partial charge in [-0.3, -0.25) is 0 Å². The maximum Gasteiger partial charge on any atom is 0.0834 e. The van der Waals surface area contributed by atoms with Gasteiger partial charge in [0, 0.05) is 20.0 Å². The molecule has 1 aromatic carbocycles. The third kappa shape index (κ3) is 4.24. The second-order valence-electron chi connectivity index (χ2n) is 4.62. The van der Waals surface area contributed by atoms with E-state index in [9.17, 15) is 5.11 Å². The van der Waals surface area contributed by atoms with Crippen molar-refractivity contribution in [2.45, 2.75) is 18.9 Å². The predicted molar refractivity (Wildman–Crippen MR) is 80.7 cm³/mol. The van der Waals surface area contributed by atoms with Crippen molar-refractivity contribution in [3.8, 4) is 0 Å². The highest BCUT2D eigenvalue weighted by atomic mass is 32.1. The van der Waals surface area contributed by atoms with Gasteiger partial charge in [0.25, 0.3) is 0 Å². The van der Waals surface area contributed by atoms with E-state index >= 15 is 0 Å². The van der Waals surface area contributed by atoms with Gasteiger partial charge in [-0.1, -0.05) is 48.6 Å². The molecule has 0 fully saturated rings. The Morgan fingerprint density at radius 2 is 2.00 bits per heavy atom. The van der Waals surface area contributed by atoms with E-state index in [4.69, 9.17) is 12.2 Å². The average Bonchev–Trinajstić information content (AvgIpc) is 2.36.